The Labute approximate surface area is 123 Å². The van der Waals surface area contributed by atoms with Crippen molar-refractivity contribution in [2.24, 2.45) is 17.6 Å². The van der Waals surface area contributed by atoms with Crippen LogP contribution in [0.2, 0.25) is 0 Å². The number of hydrogen-bond donors (Lipinski definition) is 1. The van der Waals surface area contributed by atoms with Crippen LogP contribution in [0.5, 0.6) is 0 Å². The highest BCUT2D eigenvalue weighted by Crippen LogP contribution is 2.37. The average molecular weight is 322 g/mol. The number of nitrogens with two attached hydrogens (primary N) is 1. The number of carbonyl (C=O) groups is 1. The molecule has 1 aliphatic rings. The summed E-state index contributed by atoms with van der Waals surface area (Å²) >= 11 is 0. The number of likely N-dealkylation sites (tertiary alicyclic amines) is 1. The van der Waals surface area contributed by atoms with Crippen LogP contribution >= 0.6 is 0 Å². The van der Waals surface area contributed by atoms with E-state index in [-0.39, 0.29) is 26.1 Å². The van der Waals surface area contributed by atoms with E-state index < -0.39 is 35.6 Å². The van der Waals surface area contributed by atoms with Crippen molar-refractivity contribution in [3.63, 3.8) is 0 Å². The first-order chi connectivity index (χ1) is 10.2. The van der Waals surface area contributed by atoms with Gasteiger partial charge in [0, 0.05) is 19.6 Å². The van der Waals surface area contributed by atoms with Gasteiger partial charge >= 0.3 is 6.18 Å². The maximum absolute atomic E-state index is 13.1. The molecule has 0 aliphatic carbocycles. The molecule has 0 bridgehead atoms. The molecule has 0 spiro atoms. The molecule has 2 N–H and O–H groups in total. The third kappa shape index (κ3) is 3.73. The zero-order chi connectivity index (χ0) is 16.5. The molecule has 0 unspecified atom stereocenters. The van der Waals surface area contributed by atoms with Crippen LogP contribution in [0.1, 0.15) is 5.56 Å². The Balaban J connectivity index is 1.99. The van der Waals surface area contributed by atoms with Gasteiger partial charge in [0.05, 0.1) is 11.8 Å². The number of primary amides is 1. The van der Waals surface area contributed by atoms with E-state index in [9.17, 15) is 26.7 Å². The van der Waals surface area contributed by atoms with Gasteiger partial charge in [0.15, 0.2) is 11.6 Å². The SMILES string of the molecule is NC(=O)[C@@H]1CN(CCc2ccc(F)c(F)c2)C[C@H]1C(F)(F)F. The number of halogens is 5. The summed E-state index contributed by atoms with van der Waals surface area (Å²) in [7, 11) is 0. The third-order valence-corrected chi connectivity index (χ3v) is 3.88. The molecule has 122 valence electrons. The van der Waals surface area contributed by atoms with E-state index in [0.717, 1.165) is 12.1 Å². The van der Waals surface area contributed by atoms with Crippen LogP contribution in [0.15, 0.2) is 18.2 Å². The van der Waals surface area contributed by atoms with Crippen LogP contribution in [-0.2, 0) is 11.2 Å². The van der Waals surface area contributed by atoms with Gasteiger partial charge < -0.3 is 10.6 Å². The smallest absolute Gasteiger partial charge is 0.369 e. The number of hydrogen-bond acceptors (Lipinski definition) is 2. The number of amides is 1. The van der Waals surface area contributed by atoms with Gasteiger partial charge in [0.25, 0.3) is 0 Å². The van der Waals surface area contributed by atoms with E-state index in [4.69, 9.17) is 5.73 Å². The Morgan fingerprint density at radius 2 is 1.91 bits per heavy atom. The summed E-state index contributed by atoms with van der Waals surface area (Å²) in [5, 5.41) is 0. The van der Waals surface area contributed by atoms with Crippen molar-refractivity contribution < 1.29 is 26.7 Å². The maximum Gasteiger partial charge on any atom is 0.393 e. The first-order valence-corrected chi connectivity index (χ1v) is 6.71. The van der Waals surface area contributed by atoms with Crippen LogP contribution in [0.25, 0.3) is 0 Å². The molecule has 2 atom stereocenters. The molecule has 3 nitrogen and oxygen atoms in total. The fourth-order valence-electron chi connectivity index (χ4n) is 2.67. The molecule has 22 heavy (non-hydrogen) atoms. The molecule has 0 radical (unpaired) electrons. The lowest BCUT2D eigenvalue weighted by Gasteiger charge is -2.18. The van der Waals surface area contributed by atoms with Crippen LogP contribution in [0.3, 0.4) is 0 Å². The second kappa shape index (κ2) is 6.20. The predicted octanol–water partition coefficient (Wildman–Crippen LogP) is 2.10. The summed E-state index contributed by atoms with van der Waals surface area (Å²) in [6.07, 6.45) is -4.23. The van der Waals surface area contributed by atoms with Crippen molar-refractivity contribution >= 4 is 5.91 Å². The largest absolute Gasteiger partial charge is 0.393 e. The zero-order valence-corrected chi connectivity index (χ0v) is 11.5. The quantitative estimate of drug-likeness (QED) is 0.863. The number of benzene rings is 1. The normalized spacial score (nSPS) is 23.0. The van der Waals surface area contributed by atoms with E-state index in [1.165, 1.54) is 11.0 Å². The summed E-state index contributed by atoms with van der Waals surface area (Å²) in [5.41, 5.74) is 5.51. The van der Waals surface area contributed by atoms with Crippen molar-refractivity contribution in [3.8, 4) is 0 Å². The van der Waals surface area contributed by atoms with Crippen molar-refractivity contribution in [1.29, 1.82) is 0 Å². The Bertz CT molecular complexity index is 561. The van der Waals surface area contributed by atoms with Crippen molar-refractivity contribution in [1.82, 2.24) is 4.90 Å². The molecule has 0 aromatic heterocycles. The summed E-state index contributed by atoms with van der Waals surface area (Å²) in [6, 6.07) is 3.36. The average Bonchev–Trinajstić information content (AvgIpc) is 2.84. The molecular formula is C14H15F5N2O. The lowest BCUT2D eigenvalue weighted by atomic mass is 9.95. The molecule has 0 saturated carbocycles. The van der Waals surface area contributed by atoms with Crippen LogP contribution in [-0.4, -0.2) is 36.6 Å². The highest BCUT2D eigenvalue weighted by Gasteiger charge is 2.51. The summed E-state index contributed by atoms with van der Waals surface area (Å²) < 4.78 is 64.5. The van der Waals surface area contributed by atoms with Gasteiger partial charge in [-0.2, -0.15) is 13.2 Å². The van der Waals surface area contributed by atoms with Gasteiger partial charge in [-0.1, -0.05) is 6.07 Å². The number of alkyl halides is 3. The Kier molecular flexibility index (Phi) is 4.69. The zero-order valence-electron chi connectivity index (χ0n) is 11.5. The molecule has 1 heterocycles. The van der Waals surface area contributed by atoms with Crippen molar-refractivity contribution in [2.75, 3.05) is 19.6 Å². The Hall–Kier alpha value is -1.70. The van der Waals surface area contributed by atoms with Gasteiger partial charge in [-0.25, -0.2) is 8.78 Å². The van der Waals surface area contributed by atoms with E-state index in [1.807, 2.05) is 0 Å². The molecule has 1 amide bonds. The minimum absolute atomic E-state index is 0.0802. The Morgan fingerprint density at radius 1 is 1.23 bits per heavy atom. The van der Waals surface area contributed by atoms with Gasteiger partial charge in [0.2, 0.25) is 5.91 Å². The van der Waals surface area contributed by atoms with Crippen LogP contribution in [0.4, 0.5) is 22.0 Å². The second-order valence-corrected chi connectivity index (χ2v) is 5.42. The first kappa shape index (κ1) is 16.7. The van der Waals surface area contributed by atoms with E-state index >= 15 is 0 Å². The van der Waals surface area contributed by atoms with Gasteiger partial charge in [0.1, 0.15) is 0 Å². The van der Waals surface area contributed by atoms with E-state index in [2.05, 4.69) is 0 Å². The Morgan fingerprint density at radius 3 is 2.41 bits per heavy atom. The van der Waals surface area contributed by atoms with Crippen LogP contribution < -0.4 is 5.73 Å². The summed E-state index contributed by atoms with van der Waals surface area (Å²) in [5.74, 6) is -6.00. The lowest BCUT2D eigenvalue weighted by Crippen LogP contribution is -2.37. The van der Waals surface area contributed by atoms with Gasteiger partial charge in [-0.05, 0) is 24.1 Å². The standard InChI is InChI=1S/C14H15F5N2O/c15-11-2-1-8(5-12(11)16)3-4-21-6-9(13(20)22)10(7-21)14(17,18)19/h1-2,5,9-10H,3-4,6-7H2,(H2,20,22)/t9-,10-/m1/s1. The lowest BCUT2D eigenvalue weighted by molar-refractivity contribution is -0.182. The monoisotopic (exact) mass is 322 g/mol. The van der Waals surface area contributed by atoms with Crippen molar-refractivity contribution in [3.05, 3.63) is 35.4 Å². The summed E-state index contributed by atoms with van der Waals surface area (Å²) in [6.45, 7) is -0.189. The maximum atomic E-state index is 13.1. The predicted molar refractivity (Wildman–Crippen MR) is 68.7 cm³/mol. The summed E-state index contributed by atoms with van der Waals surface area (Å²) in [4.78, 5) is 12.6. The number of nitrogens with zero attached hydrogens (tertiary/aromatic N) is 1. The highest BCUT2D eigenvalue weighted by molar-refractivity contribution is 5.77. The first-order valence-electron chi connectivity index (χ1n) is 6.71. The number of carbonyl (C=O) groups excluding carboxylic acids is 1. The fourth-order valence-corrected chi connectivity index (χ4v) is 2.67. The third-order valence-electron chi connectivity index (χ3n) is 3.88. The van der Waals surface area contributed by atoms with Gasteiger partial charge in [-0.3, -0.25) is 4.79 Å². The van der Waals surface area contributed by atoms with Crippen molar-refractivity contribution in [2.45, 2.75) is 12.6 Å². The highest BCUT2D eigenvalue weighted by atomic mass is 19.4. The number of rotatable bonds is 4. The molecule has 1 aromatic rings. The molecule has 8 heteroatoms. The molecule has 1 aromatic carbocycles. The fraction of sp³-hybridized carbons (Fsp3) is 0.500. The second-order valence-electron chi connectivity index (χ2n) is 5.42. The molecule has 2 rings (SSSR count). The minimum atomic E-state index is -4.49. The molecule has 1 fully saturated rings. The van der Waals surface area contributed by atoms with E-state index in [0.29, 0.717) is 5.56 Å². The molecule has 1 saturated heterocycles. The topological polar surface area (TPSA) is 46.3 Å². The van der Waals surface area contributed by atoms with Gasteiger partial charge in [-0.15, -0.1) is 0 Å². The van der Waals surface area contributed by atoms with Crippen LogP contribution in [0, 0.1) is 23.5 Å². The molecule has 1 aliphatic heterocycles. The molecular weight excluding hydrogens is 307 g/mol. The van der Waals surface area contributed by atoms with E-state index in [1.54, 1.807) is 0 Å². The minimum Gasteiger partial charge on any atom is -0.369 e.